The van der Waals surface area contributed by atoms with E-state index in [-0.39, 0.29) is 28.0 Å². The van der Waals surface area contributed by atoms with Crippen molar-refractivity contribution in [2.24, 2.45) is 0 Å². The van der Waals surface area contributed by atoms with E-state index in [1.54, 1.807) is 0 Å². The molecule has 0 atom stereocenters. The molecular formula is C17H12Cl2F5N5O. The van der Waals surface area contributed by atoms with Gasteiger partial charge >= 0.3 is 0 Å². The summed E-state index contributed by atoms with van der Waals surface area (Å²) in [6, 6.07) is 4.67. The minimum Gasteiger partial charge on any atom is -0.306 e. The van der Waals surface area contributed by atoms with Gasteiger partial charge in [0.2, 0.25) is 5.91 Å². The lowest BCUT2D eigenvalue weighted by Crippen LogP contribution is -2.21. The number of rotatable bonds is 7. The maximum Gasteiger partial charge on any atom is 0.282 e. The summed E-state index contributed by atoms with van der Waals surface area (Å²) in [4.78, 5) is 12.2. The van der Waals surface area contributed by atoms with Gasteiger partial charge in [0, 0.05) is 16.8 Å². The third-order valence-corrected chi connectivity index (χ3v) is 4.56. The Morgan fingerprint density at radius 1 is 1.10 bits per heavy atom. The lowest BCUT2D eigenvalue weighted by molar-refractivity contribution is -0.117. The number of carbonyl (C=O) groups is 1. The normalized spacial score (nSPS) is 11.5. The number of nitrogens with zero attached hydrogens (tertiary/aromatic N) is 4. The largest absolute Gasteiger partial charge is 0.306 e. The van der Waals surface area contributed by atoms with E-state index >= 15 is 0 Å². The van der Waals surface area contributed by atoms with Gasteiger partial charge in [-0.25, -0.2) is 22.0 Å². The highest BCUT2D eigenvalue weighted by Gasteiger charge is 2.23. The minimum absolute atomic E-state index is 0.0152. The van der Waals surface area contributed by atoms with Crippen LogP contribution in [0, 0.1) is 5.82 Å². The Morgan fingerprint density at radius 3 is 2.47 bits per heavy atom. The Kier molecular flexibility index (Phi) is 6.61. The van der Waals surface area contributed by atoms with E-state index in [2.05, 4.69) is 15.5 Å². The Hall–Kier alpha value is -2.66. The first-order valence-corrected chi connectivity index (χ1v) is 9.01. The highest BCUT2D eigenvalue weighted by molar-refractivity contribution is 6.33. The third kappa shape index (κ3) is 4.90. The van der Waals surface area contributed by atoms with E-state index < -0.39 is 42.5 Å². The molecule has 0 unspecified atom stereocenters. The number of carbonyl (C=O) groups excluding carboxylic acids is 1. The average molecular weight is 468 g/mol. The maximum absolute atomic E-state index is 13.9. The van der Waals surface area contributed by atoms with Crippen LogP contribution in [0.2, 0.25) is 10.0 Å². The lowest BCUT2D eigenvalue weighted by Gasteiger charge is -2.07. The van der Waals surface area contributed by atoms with Crippen LogP contribution in [0.15, 0.2) is 30.5 Å². The minimum atomic E-state index is -3.11. The Bertz CT molecular complexity index is 1050. The third-order valence-electron chi connectivity index (χ3n) is 3.93. The van der Waals surface area contributed by atoms with Gasteiger partial charge in [0.1, 0.15) is 28.8 Å². The molecule has 0 aliphatic rings. The van der Waals surface area contributed by atoms with Crippen molar-refractivity contribution in [1.29, 1.82) is 0 Å². The predicted molar refractivity (Wildman–Crippen MR) is 98.5 cm³/mol. The molecule has 0 spiro atoms. The summed E-state index contributed by atoms with van der Waals surface area (Å²) >= 11 is 12.0. The zero-order chi connectivity index (χ0) is 22.0. The molecule has 13 heteroatoms. The number of hydrogen-bond acceptors (Lipinski definition) is 3. The number of alkyl halides is 4. The average Bonchev–Trinajstić information content (AvgIpc) is 3.22. The number of halogens is 7. The van der Waals surface area contributed by atoms with Crippen molar-refractivity contribution in [3.63, 3.8) is 0 Å². The summed E-state index contributed by atoms with van der Waals surface area (Å²) in [7, 11) is 0. The van der Waals surface area contributed by atoms with Crippen molar-refractivity contribution in [3.8, 4) is 0 Å². The van der Waals surface area contributed by atoms with Gasteiger partial charge in [0.15, 0.2) is 5.82 Å². The van der Waals surface area contributed by atoms with Crippen LogP contribution in [0.1, 0.15) is 29.8 Å². The summed E-state index contributed by atoms with van der Waals surface area (Å²) in [5.74, 6) is -1.57. The summed E-state index contributed by atoms with van der Waals surface area (Å²) in [5, 5.41) is 9.74. The molecular weight excluding hydrogens is 456 g/mol. The zero-order valence-electron chi connectivity index (χ0n) is 14.8. The highest BCUT2D eigenvalue weighted by atomic mass is 35.5. The molecule has 30 heavy (non-hydrogen) atoms. The smallest absolute Gasteiger partial charge is 0.282 e. The SMILES string of the molecule is O=C(Cn1nc(C(F)F)cc1C(F)F)Nc1nn(Cc2c(F)cccc2Cl)cc1Cl. The molecule has 1 N–H and O–H groups in total. The van der Waals surface area contributed by atoms with E-state index in [0.717, 1.165) is 0 Å². The number of benzene rings is 1. The molecule has 0 radical (unpaired) electrons. The molecule has 3 rings (SSSR count). The van der Waals surface area contributed by atoms with E-state index in [1.165, 1.54) is 29.1 Å². The summed E-state index contributed by atoms with van der Waals surface area (Å²) in [6.45, 7) is -0.859. The van der Waals surface area contributed by atoms with Crippen molar-refractivity contribution in [3.05, 3.63) is 63.3 Å². The van der Waals surface area contributed by atoms with Gasteiger partial charge in [-0.15, -0.1) is 0 Å². The first-order valence-electron chi connectivity index (χ1n) is 8.25. The molecule has 0 saturated heterocycles. The molecule has 0 saturated carbocycles. The second kappa shape index (κ2) is 9.00. The molecule has 6 nitrogen and oxygen atoms in total. The second-order valence-corrected chi connectivity index (χ2v) is 6.84. The van der Waals surface area contributed by atoms with Crippen LogP contribution in [0.4, 0.5) is 27.8 Å². The fraction of sp³-hybridized carbons (Fsp3) is 0.235. The molecule has 1 amide bonds. The summed E-state index contributed by atoms with van der Waals surface area (Å²) in [5.41, 5.74) is -1.55. The van der Waals surface area contributed by atoms with Crippen molar-refractivity contribution in [1.82, 2.24) is 19.6 Å². The molecule has 0 aliphatic heterocycles. The lowest BCUT2D eigenvalue weighted by atomic mass is 10.2. The molecule has 3 aromatic rings. The number of amides is 1. The standard InChI is InChI=1S/C17H12Cl2F5N5O/c18-9-2-1-3-11(20)8(9)5-28-6-10(19)17(27-28)25-14(30)7-29-13(16(23)24)4-12(26-29)15(21)22/h1-4,6,15-16H,5,7H2,(H,25,27,30). The molecule has 0 bridgehead atoms. The van der Waals surface area contributed by atoms with Crippen molar-refractivity contribution in [2.45, 2.75) is 25.9 Å². The predicted octanol–water partition coefficient (Wildman–Crippen LogP) is 5.09. The fourth-order valence-corrected chi connectivity index (χ4v) is 3.00. The van der Waals surface area contributed by atoms with Gasteiger partial charge in [-0.1, -0.05) is 29.3 Å². The topological polar surface area (TPSA) is 64.7 Å². The molecule has 0 aliphatic carbocycles. The molecule has 1 aromatic carbocycles. The van der Waals surface area contributed by atoms with Crippen LogP contribution in [-0.4, -0.2) is 25.5 Å². The Morgan fingerprint density at radius 2 is 1.83 bits per heavy atom. The second-order valence-electron chi connectivity index (χ2n) is 6.02. The van der Waals surface area contributed by atoms with Gasteiger partial charge < -0.3 is 5.32 Å². The van der Waals surface area contributed by atoms with Crippen LogP contribution < -0.4 is 5.32 Å². The van der Waals surface area contributed by atoms with Gasteiger partial charge in [-0.2, -0.15) is 10.2 Å². The first kappa shape index (κ1) is 22.0. The number of nitrogens with one attached hydrogen (secondary N) is 1. The molecule has 2 heterocycles. The van der Waals surface area contributed by atoms with Crippen molar-refractivity contribution >= 4 is 34.9 Å². The monoisotopic (exact) mass is 467 g/mol. The number of hydrogen-bond donors (Lipinski definition) is 1. The molecule has 2 aromatic heterocycles. The Balaban J connectivity index is 1.74. The number of aromatic nitrogens is 4. The van der Waals surface area contributed by atoms with E-state index in [4.69, 9.17) is 23.2 Å². The fourth-order valence-electron chi connectivity index (χ4n) is 2.58. The van der Waals surface area contributed by atoms with E-state index in [1.807, 2.05) is 0 Å². The summed E-state index contributed by atoms with van der Waals surface area (Å²) < 4.78 is 67.0. The van der Waals surface area contributed by atoms with E-state index in [9.17, 15) is 26.7 Å². The zero-order valence-corrected chi connectivity index (χ0v) is 16.3. The van der Waals surface area contributed by atoms with Crippen molar-refractivity contribution in [2.75, 3.05) is 5.32 Å². The van der Waals surface area contributed by atoms with Gasteiger partial charge in [0.25, 0.3) is 12.9 Å². The van der Waals surface area contributed by atoms with Gasteiger partial charge in [-0.3, -0.25) is 14.2 Å². The first-order chi connectivity index (χ1) is 14.2. The molecule has 160 valence electrons. The van der Waals surface area contributed by atoms with Crippen LogP contribution in [0.3, 0.4) is 0 Å². The van der Waals surface area contributed by atoms with Crippen LogP contribution in [0.5, 0.6) is 0 Å². The maximum atomic E-state index is 13.9. The quantitative estimate of drug-likeness (QED) is 0.492. The molecule has 0 fully saturated rings. The van der Waals surface area contributed by atoms with E-state index in [0.29, 0.717) is 10.7 Å². The van der Waals surface area contributed by atoms with Crippen molar-refractivity contribution < 1.29 is 26.7 Å². The number of anilines is 1. The highest BCUT2D eigenvalue weighted by Crippen LogP contribution is 2.26. The Labute approximate surface area is 176 Å². The summed E-state index contributed by atoms with van der Waals surface area (Å²) in [6.07, 6.45) is -4.87. The van der Waals surface area contributed by atoms with Crippen LogP contribution in [0.25, 0.3) is 0 Å². The van der Waals surface area contributed by atoms with Crippen LogP contribution in [-0.2, 0) is 17.9 Å². The van der Waals surface area contributed by atoms with Gasteiger partial charge in [0.05, 0.1) is 6.54 Å². The van der Waals surface area contributed by atoms with Crippen LogP contribution >= 0.6 is 23.2 Å². The van der Waals surface area contributed by atoms with Gasteiger partial charge in [-0.05, 0) is 18.2 Å².